The third-order valence-electron chi connectivity index (χ3n) is 5.77. The number of piperazine rings is 1. The number of hydrogen-bond acceptors (Lipinski definition) is 6. The van der Waals surface area contributed by atoms with Crippen molar-refractivity contribution in [3.63, 3.8) is 0 Å². The lowest BCUT2D eigenvalue weighted by molar-refractivity contribution is -0.136. The van der Waals surface area contributed by atoms with E-state index in [1.54, 1.807) is 23.1 Å². The van der Waals surface area contributed by atoms with E-state index in [2.05, 4.69) is 4.90 Å². The molecule has 2 saturated heterocycles. The minimum Gasteiger partial charge on any atom is -0.497 e. The first-order chi connectivity index (χ1) is 14.9. The molecule has 1 aromatic carbocycles. The number of methoxy groups -OCH3 is 1. The molecule has 1 atom stereocenters. The van der Waals surface area contributed by atoms with Gasteiger partial charge in [-0.1, -0.05) is 17.7 Å². The maximum absolute atomic E-state index is 13.5. The van der Waals surface area contributed by atoms with E-state index in [0.29, 0.717) is 38.5 Å². The van der Waals surface area contributed by atoms with Gasteiger partial charge in [0.2, 0.25) is 15.9 Å². The summed E-state index contributed by atoms with van der Waals surface area (Å²) < 4.78 is 34.3. The van der Waals surface area contributed by atoms with Crippen LogP contribution in [0.5, 0.6) is 5.75 Å². The molecular weight excluding hydrogens is 458 g/mol. The van der Waals surface area contributed by atoms with Gasteiger partial charge in [-0.15, -0.1) is 11.3 Å². The minimum atomic E-state index is -3.85. The van der Waals surface area contributed by atoms with Crippen LogP contribution in [0.15, 0.2) is 41.3 Å². The molecule has 0 saturated carbocycles. The van der Waals surface area contributed by atoms with Gasteiger partial charge in [-0.25, -0.2) is 8.42 Å². The van der Waals surface area contributed by atoms with Crippen molar-refractivity contribution in [3.05, 3.63) is 45.6 Å². The van der Waals surface area contributed by atoms with Crippen LogP contribution in [-0.2, 0) is 21.4 Å². The molecular formula is C21H26ClN3O4S2. The molecule has 1 amide bonds. The molecule has 1 aromatic heterocycles. The number of sulfonamides is 1. The fraction of sp³-hybridized carbons (Fsp3) is 0.476. The summed E-state index contributed by atoms with van der Waals surface area (Å²) in [5.74, 6) is 0.356. The van der Waals surface area contributed by atoms with Crippen molar-refractivity contribution >= 4 is 38.9 Å². The molecule has 0 N–H and O–H groups in total. The molecule has 7 nitrogen and oxygen atoms in total. The molecule has 2 fully saturated rings. The average molecular weight is 484 g/mol. The van der Waals surface area contributed by atoms with Crippen molar-refractivity contribution in [3.8, 4) is 5.75 Å². The molecule has 168 valence electrons. The standard InChI is InChI=1S/C21H26ClN3O4S2/c1-29-16-5-4-6-18(13-16)31(27,28)25-12-11-23(14-17-7-8-20(22)30-17)15-19(25)21(26)24-9-2-3-10-24/h4-8,13,19H,2-3,9-12,14-15H2,1H3. The number of ether oxygens (including phenoxy) is 1. The Labute approximate surface area is 192 Å². The molecule has 4 rings (SSSR count). The van der Waals surface area contributed by atoms with Crippen LogP contribution in [0.2, 0.25) is 4.34 Å². The number of carbonyl (C=O) groups excluding carboxylic acids is 1. The Bertz CT molecular complexity index is 1040. The Morgan fingerprint density at radius 3 is 2.61 bits per heavy atom. The number of carbonyl (C=O) groups is 1. The number of likely N-dealkylation sites (tertiary alicyclic amines) is 1. The molecule has 0 radical (unpaired) electrons. The third-order valence-corrected chi connectivity index (χ3v) is 8.89. The number of hydrogen-bond donors (Lipinski definition) is 0. The maximum Gasteiger partial charge on any atom is 0.244 e. The number of rotatable bonds is 6. The van der Waals surface area contributed by atoms with Gasteiger partial charge in [0.15, 0.2) is 0 Å². The van der Waals surface area contributed by atoms with Crippen LogP contribution in [0, 0.1) is 0 Å². The molecule has 1 unspecified atom stereocenters. The van der Waals surface area contributed by atoms with Crippen molar-refractivity contribution in [2.24, 2.45) is 0 Å². The van der Waals surface area contributed by atoms with E-state index in [1.165, 1.54) is 28.8 Å². The van der Waals surface area contributed by atoms with Crippen LogP contribution in [-0.4, -0.2) is 74.3 Å². The van der Waals surface area contributed by atoms with Gasteiger partial charge in [0.1, 0.15) is 11.8 Å². The summed E-state index contributed by atoms with van der Waals surface area (Å²) in [4.78, 5) is 18.5. The minimum absolute atomic E-state index is 0.113. The highest BCUT2D eigenvalue weighted by Gasteiger charge is 2.42. The van der Waals surface area contributed by atoms with E-state index < -0.39 is 16.1 Å². The van der Waals surface area contributed by atoms with Crippen molar-refractivity contribution in [1.29, 1.82) is 0 Å². The van der Waals surface area contributed by atoms with E-state index in [0.717, 1.165) is 22.1 Å². The highest BCUT2D eigenvalue weighted by atomic mass is 35.5. The largest absolute Gasteiger partial charge is 0.497 e. The van der Waals surface area contributed by atoms with Gasteiger partial charge in [0, 0.05) is 50.2 Å². The Morgan fingerprint density at radius 2 is 1.94 bits per heavy atom. The molecule has 2 aromatic rings. The predicted molar refractivity (Wildman–Crippen MR) is 121 cm³/mol. The summed E-state index contributed by atoms with van der Waals surface area (Å²) in [5, 5.41) is 0. The quantitative estimate of drug-likeness (QED) is 0.631. The normalized spacial score (nSPS) is 20.8. The molecule has 31 heavy (non-hydrogen) atoms. The van der Waals surface area contributed by atoms with Gasteiger partial charge in [-0.2, -0.15) is 4.31 Å². The van der Waals surface area contributed by atoms with E-state index >= 15 is 0 Å². The summed E-state index contributed by atoms with van der Waals surface area (Å²) in [6, 6.07) is 9.50. The number of halogens is 1. The first-order valence-electron chi connectivity index (χ1n) is 10.3. The van der Waals surface area contributed by atoms with Gasteiger partial charge in [-0.3, -0.25) is 9.69 Å². The van der Waals surface area contributed by atoms with Crippen LogP contribution in [0.3, 0.4) is 0 Å². The first kappa shape index (κ1) is 22.5. The second-order valence-electron chi connectivity index (χ2n) is 7.78. The zero-order valence-corrected chi connectivity index (χ0v) is 19.8. The van der Waals surface area contributed by atoms with Gasteiger partial charge in [-0.05, 0) is 37.1 Å². The molecule has 2 aliphatic heterocycles. The number of nitrogens with zero attached hydrogens (tertiary/aromatic N) is 3. The Kier molecular flexibility index (Phi) is 6.88. The zero-order valence-electron chi connectivity index (χ0n) is 17.4. The Balaban J connectivity index is 1.61. The van der Waals surface area contributed by atoms with Crippen LogP contribution in [0.25, 0.3) is 0 Å². The first-order valence-corrected chi connectivity index (χ1v) is 12.9. The number of thiophene rings is 1. The molecule has 0 spiro atoms. The molecule has 0 aliphatic carbocycles. The van der Waals surface area contributed by atoms with Crippen LogP contribution >= 0.6 is 22.9 Å². The summed E-state index contributed by atoms with van der Waals surface area (Å²) in [5.41, 5.74) is 0. The number of amides is 1. The monoisotopic (exact) mass is 483 g/mol. The second kappa shape index (κ2) is 9.46. The molecule has 0 bridgehead atoms. The third kappa shape index (κ3) is 4.90. The molecule has 10 heteroatoms. The smallest absolute Gasteiger partial charge is 0.244 e. The highest BCUT2D eigenvalue weighted by molar-refractivity contribution is 7.89. The highest BCUT2D eigenvalue weighted by Crippen LogP contribution is 2.28. The molecule has 2 aliphatic rings. The summed E-state index contributed by atoms with van der Waals surface area (Å²) in [7, 11) is -2.35. The van der Waals surface area contributed by atoms with Crippen molar-refractivity contribution in [2.45, 2.75) is 30.3 Å². The fourth-order valence-corrected chi connectivity index (χ4v) is 6.89. The average Bonchev–Trinajstić information content (AvgIpc) is 3.45. The Morgan fingerprint density at radius 1 is 1.16 bits per heavy atom. The zero-order chi connectivity index (χ0) is 22.0. The maximum atomic E-state index is 13.5. The van der Waals surface area contributed by atoms with Gasteiger partial charge in [0.05, 0.1) is 16.3 Å². The predicted octanol–water partition coefficient (Wildman–Crippen LogP) is 2.91. The lowest BCUT2D eigenvalue weighted by Crippen LogP contribution is -2.60. The van der Waals surface area contributed by atoms with Crippen molar-refractivity contribution < 1.29 is 17.9 Å². The number of benzene rings is 1. The van der Waals surface area contributed by atoms with Gasteiger partial charge >= 0.3 is 0 Å². The fourth-order valence-electron chi connectivity index (χ4n) is 4.16. The van der Waals surface area contributed by atoms with Gasteiger partial charge < -0.3 is 9.64 Å². The SMILES string of the molecule is COc1cccc(S(=O)(=O)N2CCN(Cc3ccc(Cl)s3)CC2C(=O)N2CCCC2)c1. The summed E-state index contributed by atoms with van der Waals surface area (Å²) in [6.07, 6.45) is 1.91. The topological polar surface area (TPSA) is 70.2 Å². The van der Waals surface area contributed by atoms with Crippen molar-refractivity contribution in [1.82, 2.24) is 14.1 Å². The second-order valence-corrected chi connectivity index (χ2v) is 11.5. The van der Waals surface area contributed by atoms with E-state index in [9.17, 15) is 13.2 Å². The van der Waals surface area contributed by atoms with E-state index in [1.807, 2.05) is 12.1 Å². The van der Waals surface area contributed by atoms with Crippen LogP contribution < -0.4 is 4.74 Å². The lowest BCUT2D eigenvalue weighted by atomic mass is 10.1. The lowest BCUT2D eigenvalue weighted by Gasteiger charge is -2.40. The summed E-state index contributed by atoms with van der Waals surface area (Å²) in [6.45, 7) is 3.17. The van der Waals surface area contributed by atoms with E-state index in [-0.39, 0.29) is 17.3 Å². The van der Waals surface area contributed by atoms with E-state index in [4.69, 9.17) is 16.3 Å². The van der Waals surface area contributed by atoms with Gasteiger partial charge in [0.25, 0.3) is 0 Å². The van der Waals surface area contributed by atoms with Crippen LogP contribution in [0.1, 0.15) is 17.7 Å². The molecule has 3 heterocycles. The summed E-state index contributed by atoms with van der Waals surface area (Å²) >= 11 is 7.57. The van der Waals surface area contributed by atoms with Crippen LogP contribution in [0.4, 0.5) is 0 Å². The Hall–Kier alpha value is -1.65. The van der Waals surface area contributed by atoms with Crippen molar-refractivity contribution in [2.75, 3.05) is 39.8 Å².